The molecule has 5 nitrogen and oxygen atoms in total. The molecule has 0 aliphatic carbocycles. The smallest absolute Gasteiger partial charge is 0.231 e. The predicted octanol–water partition coefficient (Wildman–Crippen LogP) is 6.82. The van der Waals surface area contributed by atoms with E-state index in [1.54, 1.807) is 36.4 Å². The zero-order chi connectivity index (χ0) is 22.2. The SMILES string of the molecule is O=C1/C(=C/c2cc(Br)cc3c2OCOC3)Oc2cc(OCc3ccc(Cl)cc3Cl)ccc21. The molecule has 32 heavy (non-hydrogen) atoms. The first-order valence-electron chi connectivity index (χ1n) is 9.66. The van der Waals surface area contributed by atoms with Crippen molar-refractivity contribution in [3.63, 3.8) is 0 Å². The molecular formula is C24H15BrCl2O5. The molecule has 0 amide bonds. The number of benzene rings is 3. The van der Waals surface area contributed by atoms with E-state index < -0.39 is 0 Å². The number of carbonyl (C=O) groups excluding carboxylic acids is 1. The van der Waals surface area contributed by atoms with Gasteiger partial charge in [0.25, 0.3) is 0 Å². The molecule has 0 radical (unpaired) electrons. The number of fused-ring (bicyclic) bond motifs is 2. The summed E-state index contributed by atoms with van der Waals surface area (Å²) in [6, 6.07) is 14.2. The fourth-order valence-corrected chi connectivity index (χ4v) is 4.50. The molecule has 2 heterocycles. The average Bonchev–Trinajstić information content (AvgIpc) is 3.07. The first-order chi connectivity index (χ1) is 15.5. The first-order valence-corrected chi connectivity index (χ1v) is 11.2. The maximum Gasteiger partial charge on any atom is 0.231 e. The van der Waals surface area contributed by atoms with Gasteiger partial charge in [0, 0.05) is 37.3 Å². The van der Waals surface area contributed by atoms with Crippen LogP contribution in [0.3, 0.4) is 0 Å². The van der Waals surface area contributed by atoms with Crippen LogP contribution >= 0.6 is 39.1 Å². The van der Waals surface area contributed by atoms with Crippen molar-refractivity contribution in [3.05, 3.63) is 91.1 Å². The highest BCUT2D eigenvalue weighted by Crippen LogP contribution is 2.38. The van der Waals surface area contributed by atoms with Crippen molar-refractivity contribution < 1.29 is 23.7 Å². The van der Waals surface area contributed by atoms with Crippen LogP contribution in [0.15, 0.2) is 58.8 Å². The fraction of sp³-hybridized carbons (Fsp3) is 0.125. The Labute approximate surface area is 202 Å². The molecule has 2 aliphatic heterocycles. The molecule has 0 atom stereocenters. The van der Waals surface area contributed by atoms with Crippen LogP contribution < -0.4 is 14.2 Å². The molecule has 0 fully saturated rings. The second-order valence-electron chi connectivity index (χ2n) is 7.22. The van der Waals surface area contributed by atoms with Gasteiger partial charge in [0.1, 0.15) is 23.9 Å². The van der Waals surface area contributed by atoms with Gasteiger partial charge in [-0.1, -0.05) is 45.2 Å². The van der Waals surface area contributed by atoms with E-state index in [2.05, 4.69) is 15.9 Å². The highest BCUT2D eigenvalue weighted by molar-refractivity contribution is 9.10. The van der Waals surface area contributed by atoms with E-state index in [1.165, 1.54) is 0 Å². The van der Waals surface area contributed by atoms with E-state index in [0.29, 0.717) is 39.5 Å². The first kappa shape index (κ1) is 21.3. The summed E-state index contributed by atoms with van der Waals surface area (Å²) in [6.07, 6.45) is 1.69. The molecule has 162 valence electrons. The fourth-order valence-electron chi connectivity index (χ4n) is 3.51. The second kappa shape index (κ2) is 8.79. The third-order valence-corrected chi connectivity index (χ3v) is 6.09. The maximum atomic E-state index is 12.9. The van der Waals surface area contributed by atoms with Crippen molar-refractivity contribution in [2.45, 2.75) is 13.2 Å². The van der Waals surface area contributed by atoms with Gasteiger partial charge in [0.2, 0.25) is 5.78 Å². The Hall–Kier alpha value is -2.51. The minimum atomic E-state index is -0.201. The summed E-state index contributed by atoms with van der Waals surface area (Å²) >= 11 is 15.6. The van der Waals surface area contributed by atoms with Crippen LogP contribution in [-0.4, -0.2) is 12.6 Å². The quantitative estimate of drug-likeness (QED) is 0.344. The number of ketones is 1. The Morgan fingerprint density at radius 2 is 1.97 bits per heavy atom. The highest BCUT2D eigenvalue weighted by atomic mass is 79.9. The zero-order valence-electron chi connectivity index (χ0n) is 16.5. The number of ether oxygens (including phenoxy) is 4. The molecule has 0 saturated heterocycles. The molecule has 2 aliphatic rings. The van der Waals surface area contributed by atoms with Crippen LogP contribution in [0.2, 0.25) is 10.0 Å². The monoisotopic (exact) mass is 532 g/mol. The van der Waals surface area contributed by atoms with Crippen LogP contribution in [0, 0.1) is 0 Å². The summed E-state index contributed by atoms with van der Waals surface area (Å²) < 4.78 is 23.6. The zero-order valence-corrected chi connectivity index (χ0v) is 19.6. The maximum absolute atomic E-state index is 12.9. The highest BCUT2D eigenvalue weighted by Gasteiger charge is 2.28. The molecule has 5 rings (SSSR count). The van der Waals surface area contributed by atoms with Gasteiger partial charge in [-0.05, 0) is 42.5 Å². The lowest BCUT2D eigenvalue weighted by Crippen LogP contribution is -2.12. The molecule has 0 bridgehead atoms. The molecule has 0 saturated carbocycles. The molecular weight excluding hydrogens is 519 g/mol. The molecule has 3 aromatic rings. The molecule has 0 N–H and O–H groups in total. The van der Waals surface area contributed by atoms with E-state index in [4.69, 9.17) is 42.1 Å². The normalized spacial score (nSPS) is 15.7. The van der Waals surface area contributed by atoms with Crippen LogP contribution in [0.1, 0.15) is 27.0 Å². The number of halogens is 3. The van der Waals surface area contributed by atoms with Crippen LogP contribution in [-0.2, 0) is 18.0 Å². The Balaban J connectivity index is 1.38. The van der Waals surface area contributed by atoms with Gasteiger partial charge in [-0.25, -0.2) is 0 Å². The lowest BCUT2D eigenvalue weighted by Gasteiger charge is -2.20. The average molecular weight is 534 g/mol. The van der Waals surface area contributed by atoms with Crippen molar-refractivity contribution in [2.24, 2.45) is 0 Å². The number of rotatable bonds is 4. The lowest BCUT2D eigenvalue weighted by atomic mass is 10.1. The summed E-state index contributed by atoms with van der Waals surface area (Å²) in [5, 5.41) is 1.09. The van der Waals surface area contributed by atoms with E-state index >= 15 is 0 Å². The van der Waals surface area contributed by atoms with Crippen molar-refractivity contribution in [2.75, 3.05) is 6.79 Å². The van der Waals surface area contributed by atoms with Gasteiger partial charge in [-0.3, -0.25) is 4.79 Å². The van der Waals surface area contributed by atoms with Gasteiger partial charge >= 0.3 is 0 Å². The molecule has 0 unspecified atom stereocenters. The third kappa shape index (κ3) is 4.24. The van der Waals surface area contributed by atoms with Gasteiger partial charge in [-0.2, -0.15) is 0 Å². The van der Waals surface area contributed by atoms with Crippen molar-refractivity contribution in [3.8, 4) is 17.2 Å². The van der Waals surface area contributed by atoms with Crippen LogP contribution in [0.5, 0.6) is 17.2 Å². The van der Waals surface area contributed by atoms with E-state index in [-0.39, 0.29) is 24.9 Å². The molecule has 0 spiro atoms. The number of hydrogen-bond acceptors (Lipinski definition) is 5. The topological polar surface area (TPSA) is 54.0 Å². The van der Waals surface area contributed by atoms with Gasteiger partial charge in [-0.15, -0.1) is 0 Å². The summed E-state index contributed by atoms with van der Waals surface area (Å²) in [4.78, 5) is 12.9. The Kier molecular flexibility index (Phi) is 5.86. The molecule has 8 heteroatoms. The predicted molar refractivity (Wildman–Crippen MR) is 125 cm³/mol. The van der Waals surface area contributed by atoms with E-state index in [1.807, 2.05) is 18.2 Å². The number of Topliss-reactive ketones (excluding diaryl/α,β-unsaturated/α-hetero) is 1. The van der Waals surface area contributed by atoms with E-state index in [9.17, 15) is 4.79 Å². The Bertz CT molecular complexity index is 1270. The lowest BCUT2D eigenvalue weighted by molar-refractivity contribution is -0.0165. The summed E-state index contributed by atoms with van der Waals surface area (Å²) in [5.74, 6) is 1.70. The third-order valence-electron chi connectivity index (χ3n) is 5.04. The minimum absolute atomic E-state index is 0.165. The second-order valence-corrected chi connectivity index (χ2v) is 8.98. The summed E-state index contributed by atoms with van der Waals surface area (Å²) in [7, 11) is 0. The van der Waals surface area contributed by atoms with Crippen LogP contribution in [0.4, 0.5) is 0 Å². The van der Waals surface area contributed by atoms with Crippen molar-refractivity contribution >= 4 is 51.0 Å². The molecule has 0 aromatic heterocycles. The van der Waals surface area contributed by atoms with Gasteiger partial charge < -0.3 is 18.9 Å². The number of allylic oxidation sites excluding steroid dienone is 1. The summed E-state index contributed by atoms with van der Waals surface area (Å²) in [5.41, 5.74) is 2.92. The largest absolute Gasteiger partial charge is 0.489 e. The summed E-state index contributed by atoms with van der Waals surface area (Å²) in [6.45, 7) is 0.867. The minimum Gasteiger partial charge on any atom is -0.489 e. The van der Waals surface area contributed by atoms with Gasteiger partial charge in [0.15, 0.2) is 12.6 Å². The number of carbonyl (C=O) groups is 1. The van der Waals surface area contributed by atoms with Crippen molar-refractivity contribution in [1.29, 1.82) is 0 Å². The molecule has 3 aromatic carbocycles. The van der Waals surface area contributed by atoms with E-state index in [0.717, 1.165) is 21.2 Å². The Morgan fingerprint density at radius 1 is 1.09 bits per heavy atom. The van der Waals surface area contributed by atoms with Gasteiger partial charge in [0.05, 0.1) is 12.2 Å². The van der Waals surface area contributed by atoms with Crippen LogP contribution in [0.25, 0.3) is 6.08 Å². The Morgan fingerprint density at radius 3 is 2.81 bits per heavy atom. The van der Waals surface area contributed by atoms with Crippen molar-refractivity contribution in [1.82, 2.24) is 0 Å². The standard InChI is InChI=1S/C24H15BrCl2O5/c25-16-5-14(24-15(6-16)10-29-12-31-24)7-22-23(28)19-4-3-18(9-21(19)32-22)30-11-13-1-2-17(26)8-20(13)27/h1-9H,10-12H2/b22-7-. The number of hydrogen-bond donors (Lipinski definition) is 0.